The van der Waals surface area contributed by atoms with Crippen molar-refractivity contribution in [2.75, 3.05) is 18.5 Å². The summed E-state index contributed by atoms with van der Waals surface area (Å²) in [6, 6.07) is 6.53. The lowest BCUT2D eigenvalue weighted by atomic mass is 10.1. The van der Waals surface area contributed by atoms with Crippen LogP contribution in [-0.4, -0.2) is 36.2 Å². The van der Waals surface area contributed by atoms with Crippen LogP contribution in [0.15, 0.2) is 24.3 Å². The van der Waals surface area contributed by atoms with Crippen molar-refractivity contribution in [1.29, 1.82) is 0 Å². The Hall–Kier alpha value is -2.41. The number of nitrogens with one attached hydrogen (secondary N) is 2. The average molecular weight is 280 g/mol. The Morgan fingerprint density at radius 2 is 1.90 bits per heavy atom. The number of para-hydroxylation sites is 1. The van der Waals surface area contributed by atoms with Gasteiger partial charge in [-0.2, -0.15) is 0 Å². The van der Waals surface area contributed by atoms with E-state index in [0.29, 0.717) is 5.69 Å². The monoisotopic (exact) mass is 280 g/mol. The van der Waals surface area contributed by atoms with Crippen LogP contribution < -0.4 is 10.6 Å². The lowest BCUT2D eigenvalue weighted by molar-refractivity contribution is -0.143. The maximum atomic E-state index is 11.6. The topological polar surface area (TPSA) is 105 Å². The van der Waals surface area contributed by atoms with Gasteiger partial charge in [-0.1, -0.05) is 25.1 Å². The normalized spacial score (nSPS) is 9.85. The second-order valence-corrected chi connectivity index (χ2v) is 3.90. The van der Waals surface area contributed by atoms with Crippen LogP contribution in [0.1, 0.15) is 12.5 Å². The number of amides is 3. The largest absolute Gasteiger partial charge is 0.480 e. The number of hydrogen-bond acceptors (Lipinski definition) is 4. The van der Waals surface area contributed by atoms with E-state index in [0.717, 1.165) is 12.0 Å². The minimum absolute atomic E-state index is 0.491. The Morgan fingerprint density at radius 1 is 1.20 bits per heavy atom. The molecule has 0 atom stereocenters. The molecule has 0 heterocycles. The number of urea groups is 1. The van der Waals surface area contributed by atoms with Crippen LogP contribution in [0.5, 0.6) is 0 Å². The summed E-state index contributed by atoms with van der Waals surface area (Å²) in [7, 11) is 0. The summed E-state index contributed by atoms with van der Waals surface area (Å²) in [5.41, 5.74) is 1.56. The molecule has 1 rings (SSSR count). The standard InChI is InChI=1S/C13H16N2O5/c1-2-9-5-3-4-6-10(9)14-13(19)15-11(16)7-20-8-12(17)18/h3-6H,2,7-8H2,1H3,(H,17,18)(H2,14,15,16,19). The minimum atomic E-state index is -1.18. The van der Waals surface area contributed by atoms with Crippen LogP contribution in [0, 0.1) is 0 Å². The molecule has 0 radical (unpaired) electrons. The fourth-order valence-corrected chi connectivity index (χ4v) is 1.50. The predicted octanol–water partition coefficient (Wildman–Crippen LogP) is 0.998. The number of rotatable bonds is 6. The summed E-state index contributed by atoms with van der Waals surface area (Å²) >= 11 is 0. The molecule has 7 heteroatoms. The maximum Gasteiger partial charge on any atom is 0.329 e. The fourth-order valence-electron chi connectivity index (χ4n) is 1.50. The summed E-state index contributed by atoms with van der Waals surface area (Å²) in [5.74, 6) is -1.89. The first kappa shape index (κ1) is 15.6. The molecule has 108 valence electrons. The molecule has 1 aromatic carbocycles. The van der Waals surface area contributed by atoms with E-state index in [9.17, 15) is 14.4 Å². The third-order valence-corrected chi connectivity index (χ3v) is 2.36. The minimum Gasteiger partial charge on any atom is -0.480 e. The molecule has 0 saturated heterocycles. The Bertz CT molecular complexity index is 501. The van der Waals surface area contributed by atoms with E-state index in [-0.39, 0.29) is 0 Å². The van der Waals surface area contributed by atoms with Crippen LogP contribution in [0.2, 0.25) is 0 Å². The van der Waals surface area contributed by atoms with E-state index in [2.05, 4.69) is 10.1 Å². The highest BCUT2D eigenvalue weighted by atomic mass is 16.5. The number of aliphatic carboxylic acids is 1. The Morgan fingerprint density at radius 3 is 2.55 bits per heavy atom. The van der Waals surface area contributed by atoms with Crippen LogP contribution in [0.4, 0.5) is 10.5 Å². The van der Waals surface area contributed by atoms with E-state index >= 15 is 0 Å². The van der Waals surface area contributed by atoms with Crippen molar-refractivity contribution in [1.82, 2.24) is 5.32 Å². The lowest BCUT2D eigenvalue weighted by Gasteiger charge is -2.10. The summed E-state index contributed by atoms with van der Waals surface area (Å²) in [6.45, 7) is 0.867. The van der Waals surface area contributed by atoms with Gasteiger partial charge in [0, 0.05) is 5.69 Å². The second kappa shape index (κ2) is 7.90. The van der Waals surface area contributed by atoms with Gasteiger partial charge in [0.25, 0.3) is 5.91 Å². The number of carboxylic acids is 1. The second-order valence-electron chi connectivity index (χ2n) is 3.90. The van der Waals surface area contributed by atoms with Crippen LogP contribution >= 0.6 is 0 Å². The smallest absolute Gasteiger partial charge is 0.329 e. The van der Waals surface area contributed by atoms with Crippen molar-refractivity contribution in [2.24, 2.45) is 0 Å². The van der Waals surface area contributed by atoms with Gasteiger partial charge in [-0.15, -0.1) is 0 Å². The van der Waals surface area contributed by atoms with Crippen LogP contribution in [0.25, 0.3) is 0 Å². The molecule has 0 aliphatic carbocycles. The number of anilines is 1. The molecule has 7 nitrogen and oxygen atoms in total. The highest BCUT2D eigenvalue weighted by Gasteiger charge is 2.10. The SMILES string of the molecule is CCc1ccccc1NC(=O)NC(=O)COCC(=O)O. The van der Waals surface area contributed by atoms with Gasteiger partial charge < -0.3 is 15.2 Å². The molecule has 0 unspecified atom stereocenters. The fraction of sp³-hybridized carbons (Fsp3) is 0.308. The summed E-state index contributed by atoms with van der Waals surface area (Å²) in [4.78, 5) is 33.0. The third kappa shape index (κ3) is 5.49. The van der Waals surface area contributed by atoms with Gasteiger partial charge in [-0.05, 0) is 18.1 Å². The van der Waals surface area contributed by atoms with Crippen molar-refractivity contribution in [3.63, 3.8) is 0 Å². The number of carboxylic acid groups (broad SMARTS) is 1. The number of benzene rings is 1. The zero-order valence-corrected chi connectivity index (χ0v) is 11.0. The van der Waals surface area contributed by atoms with Gasteiger partial charge in [0.05, 0.1) is 0 Å². The lowest BCUT2D eigenvalue weighted by Crippen LogP contribution is -2.37. The number of carbonyl (C=O) groups excluding carboxylic acids is 2. The average Bonchev–Trinajstić information content (AvgIpc) is 2.38. The van der Waals surface area contributed by atoms with Gasteiger partial charge >= 0.3 is 12.0 Å². The molecule has 0 aliphatic heterocycles. The number of imide groups is 1. The third-order valence-electron chi connectivity index (χ3n) is 2.36. The van der Waals surface area contributed by atoms with Crippen molar-refractivity contribution < 1.29 is 24.2 Å². The number of aryl methyl sites for hydroxylation is 1. The van der Waals surface area contributed by atoms with E-state index in [1.807, 2.05) is 24.4 Å². The number of hydrogen-bond donors (Lipinski definition) is 3. The van der Waals surface area contributed by atoms with Crippen LogP contribution in [0.3, 0.4) is 0 Å². The molecule has 0 aromatic heterocycles. The zero-order valence-electron chi connectivity index (χ0n) is 11.0. The molecule has 20 heavy (non-hydrogen) atoms. The van der Waals surface area contributed by atoms with E-state index in [1.54, 1.807) is 12.1 Å². The summed E-state index contributed by atoms with van der Waals surface area (Å²) in [5, 5.41) is 12.9. The van der Waals surface area contributed by atoms with Gasteiger partial charge in [0.2, 0.25) is 0 Å². The molecule has 0 saturated carbocycles. The van der Waals surface area contributed by atoms with E-state index in [4.69, 9.17) is 5.11 Å². The van der Waals surface area contributed by atoms with Crippen molar-refractivity contribution in [3.05, 3.63) is 29.8 Å². The summed E-state index contributed by atoms with van der Waals surface area (Å²) < 4.78 is 4.56. The molecule has 0 bridgehead atoms. The molecule has 0 spiro atoms. The Labute approximate surface area is 115 Å². The highest BCUT2D eigenvalue weighted by molar-refractivity contribution is 6.01. The van der Waals surface area contributed by atoms with E-state index < -0.39 is 31.1 Å². The van der Waals surface area contributed by atoms with Crippen molar-refractivity contribution in [3.8, 4) is 0 Å². The highest BCUT2D eigenvalue weighted by Crippen LogP contribution is 2.14. The first-order chi connectivity index (χ1) is 9.52. The Kier molecular flexibility index (Phi) is 6.18. The van der Waals surface area contributed by atoms with Gasteiger partial charge in [-0.25, -0.2) is 9.59 Å². The quantitative estimate of drug-likeness (QED) is 0.721. The molecule has 1 aromatic rings. The molecule has 3 amide bonds. The maximum absolute atomic E-state index is 11.6. The first-order valence-electron chi connectivity index (χ1n) is 6.01. The Balaban J connectivity index is 2.43. The van der Waals surface area contributed by atoms with Gasteiger partial charge in [0.15, 0.2) is 0 Å². The van der Waals surface area contributed by atoms with Crippen LogP contribution in [-0.2, 0) is 20.7 Å². The first-order valence-corrected chi connectivity index (χ1v) is 6.01. The molecular weight excluding hydrogens is 264 g/mol. The van der Waals surface area contributed by atoms with Gasteiger partial charge in [-0.3, -0.25) is 10.1 Å². The molecule has 0 fully saturated rings. The number of carbonyl (C=O) groups is 3. The van der Waals surface area contributed by atoms with Crippen molar-refractivity contribution in [2.45, 2.75) is 13.3 Å². The molecule has 0 aliphatic rings. The zero-order chi connectivity index (χ0) is 15.0. The number of ether oxygens (including phenoxy) is 1. The van der Waals surface area contributed by atoms with Gasteiger partial charge in [0.1, 0.15) is 13.2 Å². The van der Waals surface area contributed by atoms with E-state index in [1.165, 1.54) is 0 Å². The predicted molar refractivity (Wildman–Crippen MR) is 71.4 cm³/mol. The summed E-state index contributed by atoms with van der Waals surface area (Å²) in [6.07, 6.45) is 0.742. The molecular formula is C13H16N2O5. The van der Waals surface area contributed by atoms with Crippen molar-refractivity contribution >= 4 is 23.6 Å². The molecule has 3 N–H and O–H groups in total.